The maximum atomic E-state index is 13.4. The second-order valence-electron chi connectivity index (χ2n) is 3.94. The Kier molecular flexibility index (Phi) is 3.32. The van der Waals surface area contributed by atoms with Crippen LogP contribution < -0.4 is 5.32 Å². The van der Waals surface area contributed by atoms with Crippen molar-refractivity contribution in [3.63, 3.8) is 0 Å². The number of rotatable bonds is 4. The third kappa shape index (κ3) is 2.68. The number of aryl methyl sites for hydroxylation is 1. The van der Waals surface area contributed by atoms with Crippen LogP contribution in [0.25, 0.3) is 0 Å². The normalized spacial score (nSPS) is 10.3. The van der Waals surface area contributed by atoms with Crippen LogP contribution in [-0.2, 0) is 6.54 Å². The summed E-state index contributed by atoms with van der Waals surface area (Å²) in [5.41, 5.74) is 1.38. The van der Waals surface area contributed by atoms with Crippen molar-refractivity contribution >= 4 is 11.7 Å². The average Bonchev–Trinajstić information content (AvgIpc) is 2.79. The molecule has 0 atom stereocenters. The van der Waals surface area contributed by atoms with E-state index in [0.29, 0.717) is 11.4 Å². The molecule has 0 spiro atoms. The van der Waals surface area contributed by atoms with E-state index in [4.69, 9.17) is 9.52 Å². The number of hydrogen-bond donors (Lipinski definition) is 2. The topological polar surface area (TPSA) is 62.5 Å². The standard InChI is InChI=1S/C13H12FNO3/c1-8-2-3-11(14)12(4-8)15-6-10-5-9(7-18-10)13(16)17/h2-5,7,15H,6H2,1H3,(H,16,17). The predicted octanol–water partition coefficient (Wildman–Crippen LogP) is 3.04. The van der Waals surface area contributed by atoms with Crippen LogP contribution in [0.2, 0.25) is 0 Å². The molecular weight excluding hydrogens is 237 g/mol. The van der Waals surface area contributed by atoms with Crippen molar-refractivity contribution in [1.82, 2.24) is 0 Å². The van der Waals surface area contributed by atoms with Crippen LogP contribution in [0, 0.1) is 12.7 Å². The largest absolute Gasteiger partial charge is 0.478 e. The van der Waals surface area contributed by atoms with Gasteiger partial charge in [-0.1, -0.05) is 6.07 Å². The van der Waals surface area contributed by atoms with Crippen molar-refractivity contribution in [2.45, 2.75) is 13.5 Å². The number of benzene rings is 1. The molecule has 5 heteroatoms. The number of hydrogen-bond acceptors (Lipinski definition) is 3. The maximum Gasteiger partial charge on any atom is 0.338 e. The molecule has 2 N–H and O–H groups in total. The molecule has 0 aliphatic rings. The summed E-state index contributed by atoms with van der Waals surface area (Å²) in [6, 6.07) is 6.14. The molecule has 0 fully saturated rings. The van der Waals surface area contributed by atoms with Crippen molar-refractivity contribution in [1.29, 1.82) is 0 Å². The van der Waals surface area contributed by atoms with Crippen molar-refractivity contribution in [2.24, 2.45) is 0 Å². The lowest BCUT2D eigenvalue weighted by Gasteiger charge is -2.06. The Labute approximate surface area is 103 Å². The molecule has 0 aliphatic heterocycles. The molecule has 0 amide bonds. The first-order valence-electron chi connectivity index (χ1n) is 5.37. The zero-order valence-corrected chi connectivity index (χ0v) is 9.74. The summed E-state index contributed by atoms with van der Waals surface area (Å²) in [5.74, 6) is -0.967. The number of carbonyl (C=O) groups is 1. The van der Waals surface area contributed by atoms with Gasteiger partial charge in [0.15, 0.2) is 0 Å². The molecule has 1 aromatic heterocycles. The summed E-state index contributed by atoms with van der Waals surface area (Å²) in [4.78, 5) is 10.6. The third-order valence-electron chi connectivity index (χ3n) is 2.48. The Balaban J connectivity index is 2.06. The van der Waals surface area contributed by atoms with Crippen LogP contribution in [0.5, 0.6) is 0 Å². The minimum Gasteiger partial charge on any atom is -0.478 e. The number of aromatic carboxylic acids is 1. The molecule has 0 aliphatic carbocycles. The van der Waals surface area contributed by atoms with E-state index in [1.807, 2.05) is 6.92 Å². The van der Waals surface area contributed by atoms with E-state index in [-0.39, 0.29) is 17.9 Å². The summed E-state index contributed by atoms with van der Waals surface area (Å²) in [7, 11) is 0. The monoisotopic (exact) mass is 249 g/mol. The highest BCUT2D eigenvalue weighted by atomic mass is 19.1. The van der Waals surface area contributed by atoms with E-state index >= 15 is 0 Å². The summed E-state index contributed by atoms with van der Waals surface area (Å²) >= 11 is 0. The number of carboxylic acid groups (broad SMARTS) is 1. The molecule has 0 saturated carbocycles. The number of halogens is 1. The maximum absolute atomic E-state index is 13.4. The summed E-state index contributed by atoms with van der Waals surface area (Å²) in [5, 5.41) is 11.6. The fourth-order valence-electron chi connectivity index (χ4n) is 1.54. The first-order chi connectivity index (χ1) is 8.56. The van der Waals surface area contributed by atoms with Crippen molar-refractivity contribution < 1.29 is 18.7 Å². The van der Waals surface area contributed by atoms with Gasteiger partial charge in [0.25, 0.3) is 0 Å². The number of anilines is 1. The lowest BCUT2D eigenvalue weighted by Crippen LogP contribution is -2.01. The summed E-state index contributed by atoms with van der Waals surface area (Å²) in [6.45, 7) is 2.09. The fourth-order valence-corrected chi connectivity index (χ4v) is 1.54. The van der Waals surface area contributed by atoms with Gasteiger partial charge in [-0.3, -0.25) is 0 Å². The van der Waals surface area contributed by atoms with Gasteiger partial charge in [0, 0.05) is 0 Å². The van der Waals surface area contributed by atoms with Crippen LogP contribution in [0.3, 0.4) is 0 Å². The molecule has 0 unspecified atom stereocenters. The van der Waals surface area contributed by atoms with E-state index in [0.717, 1.165) is 11.8 Å². The molecule has 18 heavy (non-hydrogen) atoms. The van der Waals surface area contributed by atoms with Gasteiger partial charge in [-0.2, -0.15) is 0 Å². The summed E-state index contributed by atoms with van der Waals surface area (Å²) < 4.78 is 18.5. The number of furan rings is 1. The SMILES string of the molecule is Cc1ccc(F)c(NCc2cc(C(=O)O)co2)c1. The quantitative estimate of drug-likeness (QED) is 0.874. The molecule has 94 valence electrons. The molecule has 1 heterocycles. The average molecular weight is 249 g/mol. The molecule has 2 rings (SSSR count). The van der Waals surface area contributed by atoms with Crippen LogP contribution in [0.4, 0.5) is 10.1 Å². The Morgan fingerprint density at radius 3 is 2.89 bits per heavy atom. The van der Waals surface area contributed by atoms with Gasteiger partial charge >= 0.3 is 5.97 Å². The summed E-state index contributed by atoms with van der Waals surface area (Å²) in [6.07, 6.45) is 1.16. The zero-order valence-electron chi connectivity index (χ0n) is 9.74. The minimum absolute atomic E-state index is 0.0801. The molecule has 0 radical (unpaired) electrons. The fraction of sp³-hybridized carbons (Fsp3) is 0.154. The van der Waals surface area contributed by atoms with Crippen molar-refractivity contribution in [2.75, 3.05) is 5.32 Å². The highest BCUT2D eigenvalue weighted by Gasteiger charge is 2.08. The van der Waals surface area contributed by atoms with E-state index in [1.165, 1.54) is 12.1 Å². The van der Waals surface area contributed by atoms with Gasteiger partial charge in [-0.15, -0.1) is 0 Å². The van der Waals surface area contributed by atoms with Gasteiger partial charge in [0.2, 0.25) is 0 Å². The first-order valence-corrected chi connectivity index (χ1v) is 5.37. The second kappa shape index (κ2) is 4.91. The Morgan fingerprint density at radius 1 is 1.44 bits per heavy atom. The van der Waals surface area contributed by atoms with Crippen LogP contribution >= 0.6 is 0 Å². The molecule has 2 aromatic rings. The lowest BCUT2D eigenvalue weighted by atomic mass is 10.2. The van der Waals surface area contributed by atoms with Gasteiger partial charge in [-0.05, 0) is 30.7 Å². The number of carboxylic acids is 1. The van der Waals surface area contributed by atoms with E-state index in [9.17, 15) is 9.18 Å². The molecule has 0 saturated heterocycles. The van der Waals surface area contributed by atoms with E-state index < -0.39 is 5.97 Å². The molecule has 1 aromatic carbocycles. The van der Waals surface area contributed by atoms with Crippen molar-refractivity contribution in [3.05, 3.63) is 53.2 Å². The highest BCUT2D eigenvalue weighted by molar-refractivity contribution is 5.87. The Bertz CT molecular complexity index is 577. The van der Waals surface area contributed by atoms with Gasteiger partial charge < -0.3 is 14.8 Å². The Hall–Kier alpha value is -2.30. The van der Waals surface area contributed by atoms with Crippen LogP contribution in [0.1, 0.15) is 21.7 Å². The lowest BCUT2D eigenvalue weighted by molar-refractivity contribution is 0.0696. The molecule has 4 nitrogen and oxygen atoms in total. The third-order valence-corrected chi connectivity index (χ3v) is 2.48. The van der Waals surface area contributed by atoms with E-state index in [1.54, 1.807) is 12.1 Å². The van der Waals surface area contributed by atoms with Crippen LogP contribution in [0.15, 0.2) is 34.9 Å². The molecular formula is C13H12FNO3. The minimum atomic E-state index is -1.05. The van der Waals surface area contributed by atoms with Crippen LogP contribution in [-0.4, -0.2) is 11.1 Å². The van der Waals surface area contributed by atoms with E-state index in [2.05, 4.69) is 5.32 Å². The zero-order chi connectivity index (χ0) is 13.1. The highest BCUT2D eigenvalue weighted by Crippen LogP contribution is 2.17. The smallest absolute Gasteiger partial charge is 0.338 e. The van der Waals surface area contributed by atoms with Gasteiger partial charge in [-0.25, -0.2) is 9.18 Å². The number of nitrogens with one attached hydrogen (secondary N) is 1. The second-order valence-corrected chi connectivity index (χ2v) is 3.94. The first kappa shape index (κ1) is 12.2. The Morgan fingerprint density at radius 2 is 2.22 bits per heavy atom. The van der Waals surface area contributed by atoms with Gasteiger partial charge in [0.1, 0.15) is 17.8 Å². The van der Waals surface area contributed by atoms with Gasteiger partial charge in [0.05, 0.1) is 17.8 Å². The molecule has 0 bridgehead atoms. The van der Waals surface area contributed by atoms with Crippen molar-refractivity contribution in [3.8, 4) is 0 Å². The predicted molar refractivity (Wildman–Crippen MR) is 64.1 cm³/mol.